The van der Waals surface area contributed by atoms with Crippen molar-refractivity contribution in [1.29, 1.82) is 0 Å². The van der Waals surface area contributed by atoms with Crippen molar-refractivity contribution in [2.45, 2.75) is 38.1 Å². The van der Waals surface area contributed by atoms with E-state index in [1.807, 2.05) is 5.38 Å². The second-order valence-corrected chi connectivity index (χ2v) is 4.98. The third-order valence-electron chi connectivity index (χ3n) is 2.77. The summed E-state index contributed by atoms with van der Waals surface area (Å²) in [7, 11) is 0. The fraction of sp³-hybridized carbons (Fsp3) is 0.636. The number of ketones is 1. The van der Waals surface area contributed by atoms with E-state index in [2.05, 4.69) is 10.3 Å². The van der Waals surface area contributed by atoms with Crippen LogP contribution in [-0.2, 0) is 11.2 Å². The van der Waals surface area contributed by atoms with E-state index in [0.29, 0.717) is 19.0 Å². The molecule has 1 aliphatic rings. The molecule has 1 N–H and O–H groups in total. The first-order valence-corrected chi connectivity index (χ1v) is 6.36. The summed E-state index contributed by atoms with van der Waals surface area (Å²) in [6, 6.07) is 0.574. The number of carbonyl (C=O) groups is 1. The van der Waals surface area contributed by atoms with Crippen LogP contribution in [0, 0.1) is 0 Å². The van der Waals surface area contributed by atoms with Crippen molar-refractivity contribution in [2.24, 2.45) is 0 Å². The number of nitrogens with zero attached hydrogens (tertiary/aromatic N) is 1. The largest absolute Gasteiger partial charge is 0.307 e. The average molecular weight is 224 g/mol. The summed E-state index contributed by atoms with van der Waals surface area (Å²) < 4.78 is 0. The Morgan fingerprint density at radius 1 is 1.53 bits per heavy atom. The van der Waals surface area contributed by atoms with Crippen LogP contribution in [0.3, 0.4) is 0 Å². The maximum Gasteiger partial charge on any atom is 0.153 e. The Balaban J connectivity index is 1.68. The first-order valence-electron chi connectivity index (χ1n) is 5.48. The van der Waals surface area contributed by atoms with Gasteiger partial charge < -0.3 is 5.32 Å². The molecule has 1 aliphatic carbocycles. The van der Waals surface area contributed by atoms with Gasteiger partial charge in [-0.2, -0.15) is 0 Å². The van der Waals surface area contributed by atoms with Crippen LogP contribution < -0.4 is 5.32 Å². The minimum atomic E-state index is 0.247. The minimum Gasteiger partial charge on any atom is -0.307 e. The lowest BCUT2D eigenvalue weighted by Gasteiger charge is -2.09. The molecule has 0 radical (unpaired) electrons. The van der Waals surface area contributed by atoms with Crippen molar-refractivity contribution < 1.29 is 4.79 Å². The predicted octanol–water partition coefficient (Wildman–Crippen LogP) is 1.79. The highest BCUT2D eigenvalue weighted by Crippen LogP contribution is 2.17. The van der Waals surface area contributed by atoms with Gasteiger partial charge in [0.25, 0.3) is 0 Å². The molecule has 15 heavy (non-hydrogen) atoms. The first-order chi connectivity index (χ1) is 7.34. The fourth-order valence-electron chi connectivity index (χ4n) is 1.96. The Morgan fingerprint density at radius 2 is 2.33 bits per heavy atom. The third-order valence-corrected chi connectivity index (χ3v) is 3.55. The SMILES string of the molecule is O=C(CNC1CCCC1)Cc1nccs1. The van der Waals surface area contributed by atoms with E-state index in [0.717, 1.165) is 5.01 Å². The van der Waals surface area contributed by atoms with Gasteiger partial charge in [0, 0.05) is 17.6 Å². The van der Waals surface area contributed by atoms with Crippen molar-refractivity contribution in [3.05, 3.63) is 16.6 Å². The molecule has 3 nitrogen and oxygen atoms in total. The number of rotatable bonds is 5. The predicted molar refractivity (Wildman–Crippen MR) is 61.1 cm³/mol. The lowest BCUT2D eigenvalue weighted by atomic mass is 10.2. The number of hydrogen-bond donors (Lipinski definition) is 1. The van der Waals surface area contributed by atoms with E-state index in [9.17, 15) is 4.79 Å². The van der Waals surface area contributed by atoms with E-state index in [1.54, 1.807) is 17.5 Å². The van der Waals surface area contributed by atoms with E-state index in [1.165, 1.54) is 25.7 Å². The van der Waals surface area contributed by atoms with Crippen LogP contribution in [-0.4, -0.2) is 23.4 Å². The molecule has 1 aromatic rings. The molecule has 0 unspecified atom stereocenters. The fourth-order valence-corrected chi connectivity index (χ4v) is 2.60. The van der Waals surface area contributed by atoms with Crippen LogP contribution >= 0.6 is 11.3 Å². The van der Waals surface area contributed by atoms with Crippen molar-refractivity contribution in [1.82, 2.24) is 10.3 Å². The summed E-state index contributed by atoms with van der Waals surface area (Å²) in [5.74, 6) is 0.247. The highest BCUT2D eigenvalue weighted by Gasteiger charge is 2.15. The van der Waals surface area contributed by atoms with Gasteiger partial charge in [0.1, 0.15) is 0 Å². The molecule has 1 fully saturated rings. The summed E-state index contributed by atoms with van der Waals surface area (Å²) in [6.45, 7) is 0.504. The molecule has 1 saturated carbocycles. The second kappa shape index (κ2) is 5.37. The normalized spacial score (nSPS) is 17.1. The molecule has 82 valence electrons. The van der Waals surface area contributed by atoms with E-state index in [-0.39, 0.29) is 5.78 Å². The number of Topliss-reactive ketones (excluding diaryl/α,β-unsaturated/α-hetero) is 1. The Labute approximate surface area is 93.9 Å². The molecule has 0 amide bonds. The van der Waals surface area contributed by atoms with Crippen molar-refractivity contribution >= 4 is 17.1 Å². The molecular weight excluding hydrogens is 208 g/mol. The zero-order chi connectivity index (χ0) is 10.5. The molecular formula is C11H16N2OS. The number of nitrogens with one attached hydrogen (secondary N) is 1. The van der Waals surface area contributed by atoms with Crippen LogP contribution in [0.1, 0.15) is 30.7 Å². The van der Waals surface area contributed by atoms with Gasteiger partial charge >= 0.3 is 0 Å². The molecule has 4 heteroatoms. The topological polar surface area (TPSA) is 42.0 Å². The molecule has 0 aliphatic heterocycles. The summed E-state index contributed by atoms with van der Waals surface area (Å²) >= 11 is 1.55. The summed E-state index contributed by atoms with van der Waals surface area (Å²) in [4.78, 5) is 15.7. The third kappa shape index (κ3) is 3.39. The number of carbonyl (C=O) groups excluding carboxylic acids is 1. The summed E-state index contributed by atoms with van der Waals surface area (Å²) in [6.07, 6.45) is 7.29. The molecule has 1 heterocycles. The molecule has 0 atom stereocenters. The van der Waals surface area contributed by atoms with E-state index >= 15 is 0 Å². The molecule has 1 aromatic heterocycles. The van der Waals surface area contributed by atoms with Gasteiger partial charge in [-0.1, -0.05) is 12.8 Å². The lowest BCUT2D eigenvalue weighted by molar-refractivity contribution is -0.117. The van der Waals surface area contributed by atoms with E-state index < -0.39 is 0 Å². The standard InChI is InChI=1S/C11H16N2OS/c14-10(7-11-12-5-6-15-11)8-13-9-3-1-2-4-9/h5-6,9,13H,1-4,7-8H2. The first kappa shape index (κ1) is 10.8. The Morgan fingerprint density at radius 3 is 3.00 bits per heavy atom. The van der Waals surface area contributed by atoms with Gasteiger partial charge in [0.15, 0.2) is 5.78 Å². The van der Waals surface area contributed by atoms with Gasteiger partial charge in [0.05, 0.1) is 18.0 Å². The average Bonchev–Trinajstić information content (AvgIpc) is 2.86. The number of aromatic nitrogens is 1. The van der Waals surface area contributed by atoms with Crippen molar-refractivity contribution in [2.75, 3.05) is 6.54 Å². The quantitative estimate of drug-likeness (QED) is 0.829. The Kier molecular flexibility index (Phi) is 3.86. The lowest BCUT2D eigenvalue weighted by Crippen LogP contribution is -2.32. The van der Waals surface area contributed by atoms with Crippen molar-refractivity contribution in [3.8, 4) is 0 Å². The van der Waals surface area contributed by atoms with Gasteiger partial charge in [-0.25, -0.2) is 4.98 Å². The monoisotopic (exact) mass is 224 g/mol. The molecule has 0 saturated heterocycles. The zero-order valence-corrected chi connectivity index (χ0v) is 9.55. The maximum absolute atomic E-state index is 11.6. The van der Waals surface area contributed by atoms with Gasteiger partial charge in [0.2, 0.25) is 0 Å². The van der Waals surface area contributed by atoms with Crippen LogP contribution in [0.5, 0.6) is 0 Å². The summed E-state index contributed by atoms with van der Waals surface area (Å²) in [5.41, 5.74) is 0. The molecule has 2 rings (SSSR count). The highest BCUT2D eigenvalue weighted by molar-refractivity contribution is 7.09. The van der Waals surface area contributed by atoms with E-state index in [4.69, 9.17) is 0 Å². The Hall–Kier alpha value is -0.740. The number of hydrogen-bond acceptors (Lipinski definition) is 4. The second-order valence-electron chi connectivity index (χ2n) is 4.00. The number of thiazole rings is 1. The maximum atomic E-state index is 11.6. The minimum absolute atomic E-state index is 0.247. The van der Waals surface area contributed by atoms with Crippen LogP contribution in [0.25, 0.3) is 0 Å². The smallest absolute Gasteiger partial charge is 0.153 e. The van der Waals surface area contributed by atoms with Crippen LogP contribution in [0.4, 0.5) is 0 Å². The van der Waals surface area contributed by atoms with Gasteiger partial charge in [-0.3, -0.25) is 4.79 Å². The van der Waals surface area contributed by atoms with Gasteiger partial charge in [-0.05, 0) is 12.8 Å². The molecule has 0 bridgehead atoms. The van der Waals surface area contributed by atoms with Crippen molar-refractivity contribution in [3.63, 3.8) is 0 Å². The Bertz CT molecular complexity index is 304. The van der Waals surface area contributed by atoms with Crippen LogP contribution in [0.2, 0.25) is 0 Å². The van der Waals surface area contributed by atoms with Gasteiger partial charge in [-0.15, -0.1) is 11.3 Å². The highest BCUT2D eigenvalue weighted by atomic mass is 32.1. The molecule has 0 aromatic carbocycles. The molecule has 0 spiro atoms. The summed E-state index contributed by atoms with van der Waals surface area (Å²) in [5, 5.41) is 6.16. The zero-order valence-electron chi connectivity index (χ0n) is 8.74. The van der Waals surface area contributed by atoms with Crippen LogP contribution in [0.15, 0.2) is 11.6 Å².